The second-order valence-electron chi connectivity index (χ2n) is 6.59. The highest BCUT2D eigenvalue weighted by Crippen LogP contribution is 2.37. The van der Waals surface area contributed by atoms with Crippen LogP contribution in [-0.2, 0) is 4.79 Å². The third kappa shape index (κ3) is 5.94. The third-order valence-corrected chi connectivity index (χ3v) is 5.18. The van der Waals surface area contributed by atoms with Gasteiger partial charge in [-0.15, -0.1) is 0 Å². The number of benzene rings is 3. The molecule has 0 saturated heterocycles. The lowest BCUT2D eigenvalue weighted by atomic mass is 10.1. The van der Waals surface area contributed by atoms with E-state index in [2.05, 4.69) is 21.2 Å². The average molecular weight is 544 g/mol. The zero-order valence-corrected chi connectivity index (χ0v) is 19.2. The zero-order valence-electron chi connectivity index (χ0n) is 16.9. The molecule has 170 valence electrons. The van der Waals surface area contributed by atoms with Crippen LogP contribution >= 0.6 is 27.5 Å². The number of nitrogens with one attached hydrogen (secondary N) is 1. The molecule has 0 aliphatic heterocycles. The van der Waals surface area contributed by atoms with Gasteiger partial charge in [-0.3, -0.25) is 25.0 Å². The molecule has 0 aromatic heterocycles. The van der Waals surface area contributed by atoms with Gasteiger partial charge in [-0.25, -0.2) is 0 Å². The van der Waals surface area contributed by atoms with Gasteiger partial charge in [-0.05, 0) is 70.0 Å². The number of carbonyl (C=O) groups is 1. The summed E-state index contributed by atoms with van der Waals surface area (Å²) in [5.74, 6) is -0.638. The van der Waals surface area contributed by atoms with Gasteiger partial charge in [-0.2, -0.15) is 5.26 Å². The molecule has 0 unspecified atom stereocenters. The SMILES string of the molecule is N#C/C(=C\c1ccc(Oc2ccc([N+](=O)[O-])cc2[N+](=O)[O-])c(Br)c1)C(=O)Nc1ccc(Cl)cc1. The number of ether oxygens (including phenoxy) is 1. The van der Waals surface area contributed by atoms with E-state index in [0.717, 1.165) is 18.2 Å². The molecule has 12 heteroatoms. The highest BCUT2D eigenvalue weighted by Gasteiger charge is 2.22. The number of nitriles is 1. The van der Waals surface area contributed by atoms with E-state index in [-0.39, 0.29) is 17.1 Å². The second-order valence-corrected chi connectivity index (χ2v) is 7.88. The monoisotopic (exact) mass is 542 g/mol. The summed E-state index contributed by atoms with van der Waals surface area (Å²) in [5.41, 5.74) is -0.248. The van der Waals surface area contributed by atoms with Crippen LogP contribution in [0.2, 0.25) is 5.02 Å². The third-order valence-electron chi connectivity index (χ3n) is 4.30. The normalized spacial score (nSPS) is 10.8. The minimum absolute atomic E-state index is 0.165. The number of anilines is 1. The summed E-state index contributed by atoms with van der Waals surface area (Å²) in [5, 5.41) is 34.7. The first-order valence-electron chi connectivity index (χ1n) is 9.27. The number of halogens is 2. The number of carbonyl (C=O) groups excluding carboxylic acids is 1. The summed E-state index contributed by atoms with van der Waals surface area (Å²) < 4.78 is 5.94. The molecule has 1 N–H and O–H groups in total. The highest BCUT2D eigenvalue weighted by atomic mass is 79.9. The number of nitro groups is 2. The molecule has 1 amide bonds. The maximum absolute atomic E-state index is 12.4. The topological polar surface area (TPSA) is 148 Å². The minimum atomic E-state index is -0.786. The molecule has 0 aliphatic rings. The Balaban J connectivity index is 1.83. The van der Waals surface area contributed by atoms with Crippen LogP contribution in [0.3, 0.4) is 0 Å². The lowest BCUT2D eigenvalue weighted by Crippen LogP contribution is -2.13. The fourth-order valence-corrected chi connectivity index (χ4v) is 3.31. The van der Waals surface area contributed by atoms with E-state index in [0.29, 0.717) is 20.7 Å². The lowest BCUT2D eigenvalue weighted by Gasteiger charge is -2.09. The highest BCUT2D eigenvalue weighted by molar-refractivity contribution is 9.10. The fourth-order valence-electron chi connectivity index (χ4n) is 2.70. The van der Waals surface area contributed by atoms with E-state index in [1.54, 1.807) is 30.3 Å². The van der Waals surface area contributed by atoms with E-state index >= 15 is 0 Å². The van der Waals surface area contributed by atoms with E-state index in [9.17, 15) is 30.3 Å². The van der Waals surface area contributed by atoms with Crippen molar-refractivity contribution in [2.75, 3.05) is 5.32 Å². The van der Waals surface area contributed by atoms with Crippen molar-refractivity contribution in [3.8, 4) is 17.6 Å². The number of rotatable bonds is 7. The molecule has 0 spiro atoms. The van der Waals surface area contributed by atoms with Crippen LogP contribution < -0.4 is 10.1 Å². The Kier molecular flexibility index (Phi) is 7.57. The molecular weight excluding hydrogens is 532 g/mol. The van der Waals surface area contributed by atoms with E-state index in [1.807, 2.05) is 6.07 Å². The molecular formula is C22H12BrClN4O6. The van der Waals surface area contributed by atoms with Crippen LogP contribution in [-0.4, -0.2) is 15.8 Å². The van der Waals surface area contributed by atoms with Crippen molar-refractivity contribution >= 4 is 56.6 Å². The molecule has 0 aliphatic carbocycles. The van der Waals surface area contributed by atoms with Crippen molar-refractivity contribution in [3.05, 3.63) is 102 Å². The predicted molar refractivity (Wildman–Crippen MR) is 128 cm³/mol. The van der Waals surface area contributed by atoms with Gasteiger partial charge in [-0.1, -0.05) is 17.7 Å². The van der Waals surface area contributed by atoms with E-state index < -0.39 is 27.1 Å². The Morgan fingerprint density at radius 3 is 2.29 bits per heavy atom. The lowest BCUT2D eigenvalue weighted by molar-refractivity contribution is -0.394. The Bertz CT molecular complexity index is 1370. The molecule has 10 nitrogen and oxygen atoms in total. The molecule has 0 heterocycles. The Labute approximate surface area is 205 Å². The maximum atomic E-state index is 12.4. The Morgan fingerprint density at radius 2 is 1.71 bits per heavy atom. The van der Waals surface area contributed by atoms with Crippen molar-refractivity contribution in [2.24, 2.45) is 0 Å². The first kappa shape index (κ1) is 24.4. The molecule has 3 rings (SSSR count). The van der Waals surface area contributed by atoms with Gasteiger partial charge in [0.25, 0.3) is 11.6 Å². The second kappa shape index (κ2) is 10.6. The van der Waals surface area contributed by atoms with E-state index in [1.165, 1.54) is 18.2 Å². The molecule has 3 aromatic carbocycles. The van der Waals surface area contributed by atoms with Crippen molar-refractivity contribution in [1.82, 2.24) is 0 Å². The first-order chi connectivity index (χ1) is 16.2. The number of non-ortho nitro benzene ring substituents is 1. The fraction of sp³-hybridized carbons (Fsp3) is 0. The summed E-state index contributed by atoms with van der Waals surface area (Å²) >= 11 is 9.10. The molecule has 0 saturated carbocycles. The van der Waals surface area contributed by atoms with Crippen LogP contribution in [0.1, 0.15) is 5.56 Å². The van der Waals surface area contributed by atoms with Crippen LogP contribution in [0.4, 0.5) is 17.1 Å². The van der Waals surface area contributed by atoms with Crippen LogP contribution in [0.15, 0.2) is 70.7 Å². The summed E-state index contributed by atoms with van der Waals surface area (Å²) in [6, 6.07) is 15.8. The molecule has 0 bridgehead atoms. The standard InChI is InChI=1S/C22H12BrClN4O6/c23-18-10-13(9-14(12-25)22(29)26-16-4-2-15(24)3-5-16)1-7-20(18)34-21-8-6-17(27(30)31)11-19(21)28(32)33/h1-11H,(H,26,29)/b14-9+. The van der Waals surface area contributed by atoms with Gasteiger partial charge in [0.05, 0.1) is 20.4 Å². The van der Waals surface area contributed by atoms with Gasteiger partial charge in [0.2, 0.25) is 5.75 Å². The number of nitro benzene ring substituents is 2. The van der Waals surface area contributed by atoms with Crippen LogP contribution in [0.5, 0.6) is 11.5 Å². The summed E-state index contributed by atoms with van der Waals surface area (Å²) in [7, 11) is 0. The number of hydrogen-bond acceptors (Lipinski definition) is 7. The first-order valence-corrected chi connectivity index (χ1v) is 10.4. The molecule has 0 fully saturated rings. The van der Waals surface area contributed by atoms with Crippen molar-refractivity contribution in [2.45, 2.75) is 0 Å². The van der Waals surface area contributed by atoms with Gasteiger partial charge in [0.1, 0.15) is 17.4 Å². The smallest absolute Gasteiger partial charge is 0.318 e. The summed E-state index contributed by atoms with van der Waals surface area (Å²) in [6.07, 6.45) is 1.36. The number of amides is 1. The molecule has 34 heavy (non-hydrogen) atoms. The molecule has 0 atom stereocenters. The molecule has 0 radical (unpaired) electrons. The van der Waals surface area contributed by atoms with Crippen LogP contribution in [0.25, 0.3) is 6.08 Å². The minimum Gasteiger partial charge on any atom is -0.449 e. The van der Waals surface area contributed by atoms with Gasteiger partial charge >= 0.3 is 5.69 Å². The Hall–Kier alpha value is -4.27. The molecule has 3 aromatic rings. The average Bonchev–Trinajstić information content (AvgIpc) is 2.80. The Morgan fingerprint density at radius 1 is 1.03 bits per heavy atom. The largest absolute Gasteiger partial charge is 0.449 e. The maximum Gasteiger partial charge on any atom is 0.318 e. The number of nitrogens with zero attached hydrogens (tertiary/aromatic N) is 3. The van der Waals surface area contributed by atoms with Crippen molar-refractivity contribution in [1.29, 1.82) is 5.26 Å². The van der Waals surface area contributed by atoms with Gasteiger partial charge in [0.15, 0.2) is 0 Å². The van der Waals surface area contributed by atoms with Crippen molar-refractivity contribution < 1.29 is 19.4 Å². The number of hydrogen-bond donors (Lipinski definition) is 1. The van der Waals surface area contributed by atoms with Crippen molar-refractivity contribution in [3.63, 3.8) is 0 Å². The van der Waals surface area contributed by atoms with Gasteiger partial charge in [0, 0.05) is 16.8 Å². The summed E-state index contributed by atoms with van der Waals surface area (Å²) in [6.45, 7) is 0. The summed E-state index contributed by atoms with van der Waals surface area (Å²) in [4.78, 5) is 33.1. The quantitative estimate of drug-likeness (QED) is 0.160. The van der Waals surface area contributed by atoms with Gasteiger partial charge < -0.3 is 10.1 Å². The van der Waals surface area contributed by atoms with E-state index in [4.69, 9.17) is 16.3 Å². The predicted octanol–water partition coefficient (Wildman–Crippen LogP) is 6.26. The van der Waals surface area contributed by atoms with Crippen LogP contribution in [0, 0.1) is 31.6 Å². The zero-order chi connectivity index (χ0) is 24.8.